The Hall–Kier alpha value is -1.57. The molecule has 0 atom stereocenters. The summed E-state index contributed by atoms with van der Waals surface area (Å²) in [5.41, 5.74) is 3.05. The molecule has 8 heteroatoms. The van der Waals surface area contributed by atoms with Crippen LogP contribution in [0.1, 0.15) is 15.9 Å². The van der Waals surface area contributed by atoms with Gasteiger partial charge in [0.1, 0.15) is 16.0 Å². The number of phenols is 2. The first kappa shape index (κ1) is 16.8. The third-order valence-corrected chi connectivity index (χ3v) is 4.28. The summed E-state index contributed by atoms with van der Waals surface area (Å²) in [6.45, 7) is 0. The van der Waals surface area contributed by atoms with Crippen LogP contribution in [0.3, 0.4) is 0 Å². The molecule has 0 saturated heterocycles. The molecule has 0 heterocycles. The molecule has 2 rings (SSSR count). The van der Waals surface area contributed by atoms with E-state index in [4.69, 9.17) is 11.6 Å². The number of nitrogens with zero attached hydrogens (tertiary/aromatic N) is 1. The molecule has 0 spiro atoms. The van der Waals surface area contributed by atoms with Crippen molar-refractivity contribution in [3.05, 3.63) is 55.4 Å². The van der Waals surface area contributed by atoms with Gasteiger partial charge in [0.05, 0.1) is 10.7 Å². The number of halogens is 3. The number of carbonyl (C=O) groups is 1. The molecule has 22 heavy (non-hydrogen) atoms. The van der Waals surface area contributed by atoms with Gasteiger partial charge in [-0.1, -0.05) is 11.6 Å². The van der Waals surface area contributed by atoms with Crippen LogP contribution in [0.4, 0.5) is 0 Å². The smallest absolute Gasteiger partial charge is 0.271 e. The molecule has 3 N–H and O–H groups in total. The number of hydrogen-bond acceptors (Lipinski definition) is 4. The van der Waals surface area contributed by atoms with E-state index in [1.807, 2.05) is 0 Å². The van der Waals surface area contributed by atoms with Gasteiger partial charge in [-0.25, -0.2) is 5.43 Å². The molecule has 0 bridgehead atoms. The minimum atomic E-state index is -0.413. The largest absolute Gasteiger partial charge is 0.506 e. The first-order chi connectivity index (χ1) is 10.4. The second kappa shape index (κ2) is 7.13. The lowest BCUT2D eigenvalue weighted by molar-refractivity contribution is 0.0955. The van der Waals surface area contributed by atoms with Gasteiger partial charge in [0.25, 0.3) is 5.91 Å². The normalized spacial score (nSPS) is 10.9. The van der Waals surface area contributed by atoms with Crippen molar-refractivity contribution in [3.8, 4) is 11.5 Å². The number of phenolic OH excluding ortho intramolecular Hbond substituents is 2. The quantitative estimate of drug-likeness (QED) is 0.490. The highest BCUT2D eigenvalue weighted by atomic mass is 79.9. The van der Waals surface area contributed by atoms with Gasteiger partial charge in [-0.05, 0) is 62.2 Å². The number of hydrazone groups is 1. The molecule has 2 aromatic carbocycles. The summed E-state index contributed by atoms with van der Waals surface area (Å²) in [6.07, 6.45) is 1.26. The molecule has 0 unspecified atom stereocenters. The number of carbonyl (C=O) groups excluding carboxylic acids is 1. The van der Waals surface area contributed by atoms with E-state index in [1.54, 1.807) is 24.3 Å². The van der Waals surface area contributed by atoms with E-state index < -0.39 is 5.91 Å². The molecular formula is C14H9Br2ClN2O3. The van der Waals surface area contributed by atoms with Crippen LogP contribution in [0.25, 0.3) is 0 Å². The van der Waals surface area contributed by atoms with Crippen molar-refractivity contribution >= 4 is 55.6 Å². The Kier molecular flexibility index (Phi) is 5.44. The van der Waals surface area contributed by atoms with E-state index in [0.717, 1.165) is 0 Å². The van der Waals surface area contributed by atoms with E-state index in [-0.39, 0.29) is 16.0 Å². The summed E-state index contributed by atoms with van der Waals surface area (Å²) in [5, 5.41) is 23.8. The van der Waals surface area contributed by atoms with Gasteiger partial charge in [-0.15, -0.1) is 0 Å². The maximum atomic E-state index is 11.8. The van der Waals surface area contributed by atoms with Crippen LogP contribution in [0.15, 0.2) is 44.4 Å². The Bertz CT molecular complexity index is 749. The third kappa shape index (κ3) is 3.79. The minimum Gasteiger partial charge on any atom is -0.506 e. The van der Waals surface area contributed by atoms with E-state index >= 15 is 0 Å². The fourth-order valence-electron chi connectivity index (χ4n) is 1.54. The first-order valence-electron chi connectivity index (χ1n) is 5.89. The average molecular weight is 448 g/mol. The fourth-order valence-corrected chi connectivity index (χ4v) is 2.82. The summed E-state index contributed by atoms with van der Waals surface area (Å²) in [7, 11) is 0. The minimum absolute atomic E-state index is 0.125. The lowest BCUT2D eigenvalue weighted by atomic mass is 10.2. The lowest BCUT2D eigenvalue weighted by Crippen LogP contribution is -2.17. The third-order valence-electron chi connectivity index (χ3n) is 2.67. The zero-order valence-corrected chi connectivity index (χ0v) is 14.8. The Morgan fingerprint density at radius 2 is 1.82 bits per heavy atom. The zero-order valence-electron chi connectivity index (χ0n) is 10.8. The average Bonchev–Trinajstić information content (AvgIpc) is 2.50. The topological polar surface area (TPSA) is 81.9 Å². The maximum Gasteiger partial charge on any atom is 0.271 e. The van der Waals surface area contributed by atoms with E-state index in [1.165, 1.54) is 12.3 Å². The molecule has 1 amide bonds. The summed E-state index contributed by atoms with van der Waals surface area (Å²) in [4.78, 5) is 11.8. The molecule has 114 valence electrons. The highest BCUT2D eigenvalue weighted by molar-refractivity contribution is 9.11. The van der Waals surface area contributed by atoms with Crippen molar-refractivity contribution in [2.24, 2.45) is 5.10 Å². The Balaban J connectivity index is 2.13. The first-order valence-corrected chi connectivity index (χ1v) is 7.85. The lowest BCUT2D eigenvalue weighted by Gasteiger charge is -2.06. The van der Waals surface area contributed by atoms with Crippen molar-refractivity contribution in [2.75, 3.05) is 0 Å². The molecular weight excluding hydrogens is 439 g/mol. The summed E-state index contributed by atoms with van der Waals surface area (Å²) >= 11 is 11.9. The highest BCUT2D eigenvalue weighted by Gasteiger charge is 2.12. The molecule has 0 aliphatic rings. The second-order valence-electron chi connectivity index (χ2n) is 4.16. The van der Waals surface area contributed by atoms with Gasteiger partial charge >= 0.3 is 0 Å². The van der Waals surface area contributed by atoms with Crippen molar-refractivity contribution in [2.45, 2.75) is 0 Å². The van der Waals surface area contributed by atoms with Crippen LogP contribution in [0.5, 0.6) is 11.5 Å². The predicted octanol–water partition coefficient (Wildman–Crippen LogP) is 4.04. The van der Waals surface area contributed by atoms with Crippen LogP contribution in [-0.2, 0) is 0 Å². The zero-order chi connectivity index (χ0) is 16.3. The van der Waals surface area contributed by atoms with Crippen molar-refractivity contribution in [1.29, 1.82) is 0 Å². The van der Waals surface area contributed by atoms with Gasteiger partial charge in [0.15, 0.2) is 0 Å². The number of nitrogens with one attached hydrogen (secondary N) is 1. The molecule has 0 aromatic heterocycles. The van der Waals surface area contributed by atoms with Gasteiger partial charge in [0.2, 0.25) is 0 Å². The summed E-state index contributed by atoms with van der Waals surface area (Å²) < 4.78 is 0.509. The Morgan fingerprint density at radius 1 is 1.18 bits per heavy atom. The number of hydrogen-bond donors (Lipinski definition) is 3. The number of rotatable bonds is 3. The Morgan fingerprint density at radius 3 is 2.45 bits per heavy atom. The number of aromatic hydroxyl groups is 2. The second-order valence-corrected chi connectivity index (χ2v) is 6.25. The van der Waals surface area contributed by atoms with E-state index in [0.29, 0.717) is 20.6 Å². The summed E-state index contributed by atoms with van der Waals surface area (Å²) in [5.74, 6) is -0.727. The van der Waals surface area contributed by atoms with Crippen LogP contribution < -0.4 is 5.43 Å². The predicted molar refractivity (Wildman–Crippen MR) is 91.7 cm³/mol. The number of amides is 1. The maximum absolute atomic E-state index is 11.8. The SMILES string of the molecule is O=C(NN=Cc1cc(Br)c(O)c(Br)c1O)c1ccc(Cl)cc1. The summed E-state index contributed by atoms with van der Waals surface area (Å²) in [6, 6.07) is 7.80. The van der Waals surface area contributed by atoms with Crippen molar-refractivity contribution in [1.82, 2.24) is 5.43 Å². The van der Waals surface area contributed by atoms with E-state index in [2.05, 4.69) is 42.4 Å². The van der Waals surface area contributed by atoms with Crippen LogP contribution >= 0.6 is 43.5 Å². The fraction of sp³-hybridized carbons (Fsp3) is 0. The molecule has 0 aliphatic heterocycles. The molecule has 0 radical (unpaired) electrons. The highest BCUT2D eigenvalue weighted by Crippen LogP contribution is 2.40. The number of benzene rings is 2. The van der Waals surface area contributed by atoms with Gasteiger partial charge < -0.3 is 10.2 Å². The van der Waals surface area contributed by atoms with Crippen molar-refractivity contribution in [3.63, 3.8) is 0 Å². The molecule has 2 aromatic rings. The van der Waals surface area contributed by atoms with Crippen molar-refractivity contribution < 1.29 is 15.0 Å². The van der Waals surface area contributed by atoms with Gasteiger partial charge in [-0.3, -0.25) is 4.79 Å². The standard InChI is InChI=1S/C14H9Br2ClN2O3/c15-10-5-8(12(20)11(16)13(10)21)6-18-19-14(22)7-1-3-9(17)4-2-7/h1-6,20-21H,(H,19,22). The van der Waals surface area contributed by atoms with E-state index in [9.17, 15) is 15.0 Å². The molecule has 0 aliphatic carbocycles. The van der Waals surface area contributed by atoms with Crippen LogP contribution in [0.2, 0.25) is 5.02 Å². The molecule has 0 saturated carbocycles. The monoisotopic (exact) mass is 446 g/mol. The van der Waals surface area contributed by atoms with Gasteiger partial charge in [-0.2, -0.15) is 5.10 Å². The Labute approximate surface area is 147 Å². The van der Waals surface area contributed by atoms with Crippen LogP contribution in [-0.4, -0.2) is 22.3 Å². The molecule has 5 nitrogen and oxygen atoms in total. The van der Waals surface area contributed by atoms with Gasteiger partial charge in [0, 0.05) is 16.1 Å². The molecule has 0 fully saturated rings. The van der Waals surface area contributed by atoms with Crippen LogP contribution in [0, 0.1) is 0 Å².